The third-order valence-corrected chi connectivity index (χ3v) is 4.99. The monoisotopic (exact) mass is 322 g/mol. The number of hydrogen-bond donors (Lipinski definition) is 0. The number of nitrogens with zero attached hydrogens (tertiary/aromatic N) is 4. The smallest absolute Gasteiger partial charge is 0.227 e. The predicted octanol–water partition coefficient (Wildman–Crippen LogP) is 1.86. The van der Waals surface area contributed by atoms with Gasteiger partial charge in [0.25, 0.3) is 0 Å². The minimum Gasteiger partial charge on any atom is -0.339 e. The normalized spacial score (nSPS) is 17.0. The molecule has 0 bridgehead atoms. The van der Waals surface area contributed by atoms with Gasteiger partial charge in [-0.15, -0.1) is 0 Å². The van der Waals surface area contributed by atoms with Crippen molar-refractivity contribution in [3.05, 3.63) is 53.3 Å². The van der Waals surface area contributed by atoms with Gasteiger partial charge in [0, 0.05) is 38.6 Å². The molecule has 1 amide bonds. The highest BCUT2D eigenvalue weighted by atomic mass is 16.2. The molecule has 0 radical (unpaired) electrons. The average molecular weight is 322 g/mol. The number of anilines is 1. The van der Waals surface area contributed by atoms with Crippen molar-refractivity contribution < 1.29 is 4.79 Å². The first-order chi connectivity index (χ1) is 11.8. The Kier molecular flexibility index (Phi) is 4.15. The van der Waals surface area contributed by atoms with Gasteiger partial charge in [0.1, 0.15) is 0 Å². The first kappa shape index (κ1) is 15.1. The molecule has 5 nitrogen and oxygen atoms in total. The summed E-state index contributed by atoms with van der Waals surface area (Å²) in [6.07, 6.45) is 7.62. The molecule has 2 heterocycles. The third-order valence-electron chi connectivity index (χ3n) is 4.99. The Hall–Kier alpha value is -2.43. The lowest BCUT2D eigenvalue weighted by atomic mass is 10.0. The summed E-state index contributed by atoms with van der Waals surface area (Å²) in [6.45, 7) is 3.06. The summed E-state index contributed by atoms with van der Waals surface area (Å²) in [5, 5.41) is 0. The van der Waals surface area contributed by atoms with Gasteiger partial charge in [0.05, 0.1) is 6.42 Å². The van der Waals surface area contributed by atoms with Crippen LogP contribution >= 0.6 is 0 Å². The molecule has 5 heteroatoms. The van der Waals surface area contributed by atoms with E-state index in [1.54, 1.807) is 12.4 Å². The van der Waals surface area contributed by atoms with Crippen LogP contribution in [0.1, 0.15) is 23.1 Å². The molecular weight excluding hydrogens is 300 g/mol. The largest absolute Gasteiger partial charge is 0.339 e. The second-order valence-corrected chi connectivity index (χ2v) is 6.55. The number of benzene rings is 1. The summed E-state index contributed by atoms with van der Waals surface area (Å²) in [5.74, 6) is 0.977. The van der Waals surface area contributed by atoms with Crippen molar-refractivity contribution in [1.29, 1.82) is 0 Å². The maximum atomic E-state index is 12.6. The van der Waals surface area contributed by atoms with Crippen LogP contribution < -0.4 is 4.90 Å². The maximum absolute atomic E-state index is 12.6. The second kappa shape index (κ2) is 6.59. The quantitative estimate of drug-likeness (QED) is 0.865. The van der Waals surface area contributed by atoms with Crippen molar-refractivity contribution in [3.63, 3.8) is 0 Å². The minimum absolute atomic E-state index is 0.224. The van der Waals surface area contributed by atoms with E-state index in [9.17, 15) is 4.79 Å². The molecule has 0 N–H and O–H groups in total. The SMILES string of the molecule is O=C(Cc1ccc2c(c1)CCC2)N1CCN(c2ncccn2)CC1. The van der Waals surface area contributed by atoms with E-state index in [4.69, 9.17) is 0 Å². The average Bonchev–Trinajstić information content (AvgIpc) is 3.10. The number of rotatable bonds is 3. The molecule has 24 heavy (non-hydrogen) atoms. The first-order valence-electron chi connectivity index (χ1n) is 8.70. The topological polar surface area (TPSA) is 49.3 Å². The van der Waals surface area contributed by atoms with Gasteiger partial charge in [-0.1, -0.05) is 18.2 Å². The van der Waals surface area contributed by atoms with E-state index >= 15 is 0 Å². The first-order valence-corrected chi connectivity index (χ1v) is 8.70. The third kappa shape index (κ3) is 3.11. The molecule has 2 aromatic rings. The Morgan fingerprint density at radius 1 is 1.00 bits per heavy atom. The van der Waals surface area contributed by atoms with Gasteiger partial charge < -0.3 is 9.80 Å². The molecule has 1 aromatic heterocycles. The van der Waals surface area contributed by atoms with Crippen LogP contribution in [0.25, 0.3) is 0 Å². The number of aromatic nitrogens is 2. The predicted molar refractivity (Wildman–Crippen MR) is 93.0 cm³/mol. The van der Waals surface area contributed by atoms with E-state index in [1.807, 2.05) is 11.0 Å². The fourth-order valence-corrected chi connectivity index (χ4v) is 3.63. The summed E-state index contributed by atoms with van der Waals surface area (Å²) in [6, 6.07) is 8.37. The molecule has 0 unspecified atom stereocenters. The van der Waals surface area contributed by atoms with E-state index in [2.05, 4.69) is 33.1 Å². The Labute approximate surface area is 142 Å². The van der Waals surface area contributed by atoms with Crippen LogP contribution in [-0.2, 0) is 24.1 Å². The zero-order chi connectivity index (χ0) is 16.4. The lowest BCUT2D eigenvalue weighted by molar-refractivity contribution is -0.130. The lowest BCUT2D eigenvalue weighted by Crippen LogP contribution is -2.49. The van der Waals surface area contributed by atoms with Crippen LogP contribution in [0.5, 0.6) is 0 Å². The van der Waals surface area contributed by atoms with Crippen LogP contribution in [0.15, 0.2) is 36.7 Å². The molecule has 0 atom stereocenters. The highest BCUT2D eigenvalue weighted by Crippen LogP contribution is 2.23. The number of piperazine rings is 1. The molecule has 124 valence electrons. The van der Waals surface area contributed by atoms with Crippen molar-refractivity contribution in [2.75, 3.05) is 31.1 Å². The van der Waals surface area contributed by atoms with Crippen molar-refractivity contribution in [2.24, 2.45) is 0 Å². The van der Waals surface area contributed by atoms with Crippen molar-refractivity contribution >= 4 is 11.9 Å². The minimum atomic E-state index is 0.224. The number of fused-ring (bicyclic) bond motifs is 1. The Balaban J connectivity index is 1.35. The van der Waals surface area contributed by atoms with Crippen LogP contribution in [-0.4, -0.2) is 47.0 Å². The van der Waals surface area contributed by atoms with E-state index in [0.717, 1.165) is 44.1 Å². The Morgan fingerprint density at radius 3 is 2.54 bits per heavy atom. The molecule has 0 spiro atoms. The Morgan fingerprint density at radius 2 is 1.75 bits per heavy atom. The van der Waals surface area contributed by atoms with Gasteiger partial charge in [0.2, 0.25) is 11.9 Å². The molecule has 1 aromatic carbocycles. The van der Waals surface area contributed by atoms with Crippen LogP contribution in [0.3, 0.4) is 0 Å². The van der Waals surface area contributed by atoms with Gasteiger partial charge >= 0.3 is 0 Å². The van der Waals surface area contributed by atoms with Gasteiger partial charge in [-0.3, -0.25) is 4.79 Å². The van der Waals surface area contributed by atoms with Gasteiger partial charge in [-0.05, 0) is 42.0 Å². The van der Waals surface area contributed by atoms with Crippen LogP contribution in [0.4, 0.5) is 5.95 Å². The Bertz CT molecular complexity index is 723. The van der Waals surface area contributed by atoms with E-state index in [1.165, 1.54) is 24.0 Å². The highest BCUT2D eigenvalue weighted by molar-refractivity contribution is 5.79. The number of aryl methyl sites for hydroxylation is 2. The molecule has 4 rings (SSSR count). The molecule has 1 aliphatic carbocycles. The van der Waals surface area contributed by atoms with Gasteiger partial charge in [-0.2, -0.15) is 0 Å². The number of carbonyl (C=O) groups excluding carboxylic acids is 1. The molecule has 0 saturated carbocycles. The summed E-state index contributed by atoms with van der Waals surface area (Å²) >= 11 is 0. The molecule has 1 fully saturated rings. The number of hydrogen-bond acceptors (Lipinski definition) is 4. The number of carbonyl (C=O) groups is 1. The van der Waals surface area contributed by atoms with Crippen LogP contribution in [0, 0.1) is 0 Å². The summed E-state index contributed by atoms with van der Waals surface area (Å²) < 4.78 is 0. The van der Waals surface area contributed by atoms with Gasteiger partial charge in [0.15, 0.2) is 0 Å². The van der Waals surface area contributed by atoms with Crippen LogP contribution in [0.2, 0.25) is 0 Å². The lowest BCUT2D eigenvalue weighted by Gasteiger charge is -2.34. The molecule has 2 aliphatic rings. The second-order valence-electron chi connectivity index (χ2n) is 6.55. The van der Waals surface area contributed by atoms with Crippen molar-refractivity contribution in [3.8, 4) is 0 Å². The van der Waals surface area contributed by atoms with E-state index in [-0.39, 0.29) is 5.91 Å². The zero-order valence-electron chi connectivity index (χ0n) is 13.8. The summed E-state index contributed by atoms with van der Waals surface area (Å²) in [5.41, 5.74) is 4.04. The standard InChI is InChI=1S/C19H22N4O/c24-18(14-15-5-6-16-3-1-4-17(16)13-15)22-9-11-23(12-10-22)19-20-7-2-8-21-19/h2,5-8,13H,1,3-4,9-12,14H2. The van der Waals surface area contributed by atoms with E-state index < -0.39 is 0 Å². The highest BCUT2D eigenvalue weighted by Gasteiger charge is 2.22. The van der Waals surface area contributed by atoms with Crippen molar-refractivity contribution in [1.82, 2.24) is 14.9 Å². The molecule has 1 aliphatic heterocycles. The van der Waals surface area contributed by atoms with E-state index in [0.29, 0.717) is 6.42 Å². The fourth-order valence-electron chi connectivity index (χ4n) is 3.63. The summed E-state index contributed by atoms with van der Waals surface area (Å²) in [7, 11) is 0. The maximum Gasteiger partial charge on any atom is 0.227 e. The number of amides is 1. The molecular formula is C19H22N4O. The van der Waals surface area contributed by atoms with Gasteiger partial charge in [-0.25, -0.2) is 9.97 Å². The molecule has 1 saturated heterocycles. The van der Waals surface area contributed by atoms with Crippen molar-refractivity contribution in [2.45, 2.75) is 25.7 Å². The fraction of sp³-hybridized carbons (Fsp3) is 0.421. The summed E-state index contributed by atoms with van der Waals surface area (Å²) in [4.78, 5) is 25.3. The zero-order valence-corrected chi connectivity index (χ0v) is 13.8.